The minimum atomic E-state index is -0.860. The molecule has 1 aliphatic heterocycles. The number of pyridine rings is 1. The van der Waals surface area contributed by atoms with Crippen molar-refractivity contribution in [1.82, 2.24) is 4.98 Å². The zero-order valence-corrected chi connectivity index (χ0v) is 20.2. The van der Waals surface area contributed by atoms with E-state index in [2.05, 4.69) is 4.98 Å². The summed E-state index contributed by atoms with van der Waals surface area (Å²) in [4.78, 5) is 33.3. The summed E-state index contributed by atoms with van der Waals surface area (Å²) in [6.07, 6.45) is 1.44. The van der Waals surface area contributed by atoms with Crippen molar-refractivity contribution in [2.45, 2.75) is 13.0 Å². The van der Waals surface area contributed by atoms with Crippen molar-refractivity contribution >= 4 is 34.3 Å². The first kappa shape index (κ1) is 22.7. The lowest BCUT2D eigenvalue weighted by molar-refractivity contribution is 0.0970. The van der Waals surface area contributed by atoms with Crippen molar-refractivity contribution in [2.75, 3.05) is 26.2 Å². The van der Waals surface area contributed by atoms with E-state index in [1.54, 1.807) is 36.4 Å². The van der Waals surface area contributed by atoms with Crippen LogP contribution in [0.3, 0.4) is 0 Å². The molecule has 0 N–H and O–H groups in total. The van der Waals surface area contributed by atoms with Crippen LogP contribution in [0.5, 0.6) is 17.2 Å². The van der Waals surface area contributed by atoms with Crippen molar-refractivity contribution in [3.8, 4) is 17.2 Å². The molecule has 3 heterocycles. The summed E-state index contributed by atoms with van der Waals surface area (Å²) in [5.74, 6) is 0.931. The average molecular weight is 493 g/mol. The summed E-state index contributed by atoms with van der Waals surface area (Å²) < 4.78 is 22.5. The van der Waals surface area contributed by atoms with Gasteiger partial charge in [-0.15, -0.1) is 0 Å². The van der Waals surface area contributed by atoms with Crippen LogP contribution >= 0.6 is 11.6 Å². The number of aromatic nitrogens is 1. The van der Waals surface area contributed by atoms with Gasteiger partial charge in [-0.3, -0.25) is 14.5 Å². The molecule has 0 aliphatic carbocycles. The number of hydrogen-bond donors (Lipinski definition) is 0. The molecule has 1 unspecified atom stereocenters. The van der Waals surface area contributed by atoms with E-state index in [4.69, 9.17) is 30.2 Å². The molecular weight excluding hydrogens is 472 g/mol. The van der Waals surface area contributed by atoms with Crippen molar-refractivity contribution < 1.29 is 23.4 Å². The summed E-state index contributed by atoms with van der Waals surface area (Å²) >= 11 is 6.04. The monoisotopic (exact) mass is 492 g/mol. The quantitative estimate of drug-likeness (QED) is 0.390. The minimum absolute atomic E-state index is 0.0399. The molecule has 0 saturated heterocycles. The van der Waals surface area contributed by atoms with Gasteiger partial charge in [-0.05, 0) is 48.9 Å². The smallest absolute Gasteiger partial charge is 0.296 e. The number of anilines is 1. The number of amides is 1. The summed E-state index contributed by atoms with van der Waals surface area (Å²) in [6, 6.07) is 11.1. The van der Waals surface area contributed by atoms with Crippen LogP contribution < -0.4 is 24.5 Å². The van der Waals surface area contributed by atoms with E-state index in [1.165, 1.54) is 32.4 Å². The Morgan fingerprint density at radius 3 is 2.29 bits per heavy atom. The molecule has 5 rings (SSSR count). The van der Waals surface area contributed by atoms with Gasteiger partial charge in [-0.1, -0.05) is 23.2 Å². The fourth-order valence-electron chi connectivity index (χ4n) is 4.41. The highest BCUT2D eigenvalue weighted by Gasteiger charge is 2.45. The molecule has 1 amide bonds. The topological polar surface area (TPSA) is 91.1 Å². The van der Waals surface area contributed by atoms with E-state index in [0.717, 1.165) is 5.56 Å². The largest absolute Gasteiger partial charge is 0.493 e. The number of benzene rings is 2. The highest BCUT2D eigenvalue weighted by molar-refractivity contribution is 6.30. The molecule has 9 heteroatoms. The first-order valence-electron chi connectivity index (χ1n) is 10.7. The Labute approximate surface area is 205 Å². The molecule has 178 valence electrons. The second kappa shape index (κ2) is 8.63. The molecule has 0 spiro atoms. The molecular formula is C26H21ClN2O6. The summed E-state index contributed by atoms with van der Waals surface area (Å²) in [6.45, 7) is 1.89. The van der Waals surface area contributed by atoms with Crippen LogP contribution in [-0.4, -0.2) is 32.2 Å². The van der Waals surface area contributed by atoms with E-state index in [-0.39, 0.29) is 16.8 Å². The Morgan fingerprint density at radius 1 is 0.971 bits per heavy atom. The normalized spacial score (nSPS) is 14.8. The number of ether oxygens (including phenoxy) is 3. The molecule has 0 bridgehead atoms. The van der Waals surface area contributed by atoms with Crippen LogP contribution in [0.15, 0.2) is 57.9 Å². The predicted octanol–water partition coefficient (Wildman–Crippen LogP) is 4.93. The maximum Gasteiger partial charge on any atom is 0.296 e. The van der Waals surface area contributed by atoms with Gasteiger partial charge in [0, 0.05) is 6.20 Å². The summed E-state index contributed by atoms with van der Waals surface area (Å²) in [5.41, 5.74) is 1.70. The number of aryl methyl sites for hydroxylation is 1. The molecule has 8 nitrogen and oxygen atoms in total. The first-order chi connectivity index (χ1) is 16.9. The Kier molecular flexibility index (Phi) is 5.61. The Balaban J connectivity index is 1.84. The fourth-order valence-corrected chi connectivity index (χ4v) is 4.52. The maximum atomic E-state index is 13.8. The van der Waals surface area contributed by atoms with E-state index in [0.29, 0.717) is 44.6 Å². The molecule has 2 aromatic heterocycles. The SMILES string of the molecule is COc1cc(C2c3c(oc4ccc(C)cc4c3=O)C(=O)N2c2ccc(Cl)cn2)cc(OC)c1OC. The average Bonchev–Trinajstić information content (AvgIpc) is 3.16. The van der Waals surface area contributed by atoms with E-state index >= 15 is 0 Å². The summed E-state index contributed by atoms with van der Waals surface area (Å²) in [5, 5.41) is 0.803. The van der Waals surface area contributed by atoms with Gasteiger partial charge in [0.2, 0.25) is 11.5 Å². The van der Waals surface area contributed by atoms with Gasteiger partial charge in [0.1, 0.15) is 11.4 Å². The third-order valence-electron chi connectivity index (χ3n) is 5.99. The summed E-state index contributed by atoms with van der Waals surface area (Å²) in [7, 11) is 4.50. The van der Waals surface area contributed by atoms with Crippen LogP contribution in [0, 0.1) is 6.92 Å². The zero-order valence-electron chi connectivity index (χ0n) is 19.4. The molecule has 1 aliphatic rings. The number of carbonyl (C=O) groups excluding carboxylic acids is 1. The minimum Gasteiger partial charge on any atom is -0.493 e. The van der Waals surface area contributed by atoms with Crippen molar-refractivity contribution in [3.63, 3.8) is 0 Å². The zero-order chi connectivity index (χ0) is 24.9. The molecule has 1 atom stereocenters. The second-order valence-corrected chi connectivity index (χ2v) is 8.48. The van der Waals surface area contributed by atoms with Gasteiger partial charge in [-0.2, -0.15) is 0 Å². The number of halogens is 1. The van der Waals surface area contributed by atoms with Crippen LogP contribution in [-0.2, 0) is 0 Å². The molecule has 0 radical (unpaired) electrons. The predicted molar refractivity (Wildman–Crippen MR) is 131 cm³/mol. The van der Waals surface area contributed by atoms with Crippen molar-refractivity contribution in [3.05, 3.63) is 86.4 Å². The van der Waals surface area contributed by atoms with Gasteiger partial charge < -0.3 is 18.6 Å². The van der Waals surface area contributed by atoms with Crippen LogP contribution in [0.25, 0.3) is 11.0 Å². The number of rotatable bonds is 5. The molecule has 0 saturated carbocycles. The number of carbonyl (C=O) groups is 1. The Hall–Kier alpha value is -4.04. The maximum absolute atomic E-state index is 13.8. The van der Waals surface area contributed by atoms with Gasteiger partial charge in [0.05, 0.1) is 43.3 Å². The van der Waals surface area contributed by atoms with E-state index in [9.17, 15) is 9.59 Å². The Bertz CT molecular complexity index is 1500. The second-order valence-electron chi connectivity index (χ2n) is 8.04. The van der Waals surface area contributed by atoms with Gasteiger partial charge in [0.15, 0.2) is 16.9 Å². The van der Waals surface area contributed by atoms with E-state index < -0.39 is 11.9 Å². The number of fused-ring (bicyclic) bond motifs is 2. The lowest BCUT2D eigenvalue weighted by Gasteiger charge is -2.25. The van der Waals surface area contributed by atoms with Crippen molar-refractivity contribution in [1.29, 1.82) is 0 Å². The Morgan fingerprint density at radius 2 is 1.69 bits per heavy atom. The lowest BCUT2D eigenvalue weighted by Crippen LogP contribution is -2.30. The van der Waals surface area contributed by atoms with Gasteiger partial charge >= 0.3 is 0 Å². The third kappa shape index (κ3) is 3.57. The first-order valence-corrected chi connectivity index (χ1v) is 11.1. The standard InChI is InChI=1S/C26H21ClN2O6/c1-13-5-7-17-16(9-13)23(30)21-22(14-10-18(32-2)24(34-4)19(11-14)33-3)29(26(31)25(21)35-17)20-8-6-15(27)12-28-20/h5-12,22H,1-4H3. The molecule has 35 heavy (non-hydrogen) atoms. The number of hydrogen-bond acceptors (Lipinski definition) is 7. The molecule has 0 fully saturated rings. The van der Waals surface area contributed by atoms with Crippen molar-refractivity contribution in [2.24, 2.45) is 0 Å². The number of nitrogens with zero attached hydrogens (tertiary/aromatic N) is 2. The highest BCUT2D eigenvalue weighted by atomic mass is 35.5. The van der Waals surface area contributed by atoms with Crippen LogP contribution in [0.4, 0.5) is 5.82 Å². The van der Waals surface area contributed by atoms with Crippen LogP contribution in [0.2, 0.25) is 5.02 Å². The lowest BCUT2D eigenvalue weighted by atomic mass is 9.97. The molecule has 2 aromatic carbocycles. The van der Waals surface area contributed by atoms with E-state index in [1.807, 2.05) is 13.0 Å². The fraction of sp³-hybridized carbons (Fsp3) is 0.192. The molecule has 4 aromatic rings. The van der Waals surface area contributed by atoms with Crippen LogP contribution in [0.1, 0.15) is 33.3 Å². The number of methoxy groups -OCH3 is 3. The van der Waals surface area contributed by atoms with Gasteiger partial charge in [-0.25, -0.2) is 4.98 Å². The highest BCUT2D eigenvalue weighted by Crippen LogP contribution is 2.46. The van der Waals surface area contributed by atoms with Gasteiger partial charge in [0.25, 0.3) is 5.91 Å². The third-order valence-corrected chi connectivity index (χ3v) is 6.21.